The van der Waals surface area contributed by atoms with Crippen molar-refractivity contribution in [1.82, 2.24) is 10.6 Å². The average molecular weight is 789 g/mol. The number of hydrogen-bond acceptors (Lipinski definition) is 5. The van der Waals surface area contributed by atoms with E-state index in [1.54, 1.807) is 0 Å². The number of nitrogens with one attached hydrogen (secondary N) is 2. The maximum Gasteiger partial charge on any atom is 0.220 e. The summed E-state index contributed by atoms with van der Waals surface area (Å²) in [6.07, 6.45) is 42.7. The number of aliphatic hydroxyl groups is 2. The van der Waals surface area contributed by atoms with Crippen LogP contribution in [0, 0.1) is 46.3 Å². The van der Waals surface area contributed by atoms with Crippen molar-refractivity contribution in [3.63, 3.8) is 0 Å². The molecule has 0 radical (unpaired) electrons. The third kappa shape index (κ3) is 14.5. The van der Waals surface area contributed by atoms with E-state index in [4.69, 9.17) is 4.74 Å². The maximum absolute atomic E-state index is 12.7. The summed E-state index contributed by atoms with van der Waals surface area (Å²) < 4.78 is 5.66. The second-order valence-corrected chi connectivity index (χ2v) is 18.2. The molecule has 0 saturated heterocycles. The van der Waals surface area contributed by atoms with E-state index >= 15 is 0 Å². The van der Waals surface area contributed by atoms with Crippen LogP contribution in [0.5, 0.6) is 0 Å². The number of ether oxygens (including phenoxy) is 1. The Bertz CT molecular complexity index is 1380. The van der Waals surface area contributed by atoms with Crippen molar-refractivity contribution < 1.29 is 24.5 Å². The van der Waals surface area contributed by atoms with E-state index in [0.29, 0.717) is 74.7 Å². The van der Waals surface area contributed by atoms with Crippen LogP contribution in [0.15, 0.2) is 72.9 Å². The zero-order valence-corrected chi connectivity index (χ0v) is 36.2. The Morgan fingerprint density at radius 3 is 1.81 bits per heavy atom. The number of amides is 2. The molecule has 4 aliphatic carbocycles. The van der Waals surface area contributed by atoms with E-state index in [9.17, 15) is 19.8 Å². The summed E-state index contributed by atoms with van der Waals surface area (Å²) in [7, 11) is 0. The van der Waals surface area contributed by atoms with Crippen LogP contribution in [0.25, 0.3) is 0 Å². The lowest BCUT2D eigenvalue weighted by Crippen LogP contribution is -2.58. The fourth-order valence-corrected chi connectivity index (χ4v) is 11.4. The van der Waals surface area contributed by atoms with E-state index in [-0.39, 0.29) is 34.9 Å². The quantitative estimate of drug-likeness (QED) is 0.0576. The Labute approximate surface area is 347 Å². The Kier molecular flexibility index (Phi) is 20.6. The van der Waals surface area contributed by atoms with Crippen molar-refractivity contribution in [1.29, 1.82) is 0 Å². The molecule has 0 aromatic rings. The molecular weight excluding hydrogens is 709 g/mol. The van der Waals surface area contributed by atoms with Gasteiger partial charge in [-0.2, -0.15) is 0 Å². The van der Waals surface area contributed by atoms with Crippen molar-refractivity contribution >= 4 is 11.8 Å². The topological polar surface area (TPSA) is 108 Å². The molecule has 4 rings (SSSR count). The number of hydrogen-bond donors (Lipinski definition) is 4. The van der Waals surface area contributed by atoms with Gasteiger partial charge >= 0.3 is 0 Å². The minimum Gasteiger partial charge on any atom is -0.393 e. The first-order valence-electron chi connectivity index (χ1n) is 23.0. The molecule has 0 bridgehead atoms. The zero-order chi connectivity index (χ0) is 40.9. The van der Waals surface area contributed by atoms with Gasteiger partial charge in [0, 0.05) is 25.9 Å². The maximum atomic E-state index is 12.7. The van der Waals surface area contributed by atoms with Crippen LogP contribution < -0.4 is 10.6 Å². The summed E-state index contributed by atoms with van der Waals surface area (Å²) in [5.74, 6) is 3.11. The Hall–Kier alpha value is -2.74. The molecule has 1 unspecified atom stereocenters. The first-order chi connectivity index (χ1) is 27.6. The SMILES string of the molecule is CCC=CCC=CCC=CCC=CCC=CCC=CCCC(=O)NCCOCCNC(=O)CC[C@@H](C)C1CC[C@H]2[C@@H]3[C@H](O)C[C@@H]4C[C@H](O)CC[C@]4(C)[C@H]3CC[C@]12C. The van der Waals surface area contributed by atoms with Crippen molar-refractivity contribution in [3.8, 4) is 0 Å². The van der Waals surface area contributed by atoms with Gasteiger partial charge < -0.3 is 25.6 Å². The van der Waals surface area contributed by atoms with Crippen LogP contribution in [0.3, 0.4) is 0 Å². The molecule has 0 spiro atoms. The fourth-order valence-electron chi connectivity index (χ4n) is 11.4. The van der Waals surface area contributed by atoms with Crippen molar-refractivity contribution in [2.45, 2.75) is 155 Å². The molecule has 4 aliphatic rings. The molecule has 0 aliphatic heterocycles. The van der Waals surface area contributed by atoms with Gasteiger partial charge in [-0.15, -0.1) is 0 Å². The van der Waals surface area contributed by atoms with Gasteiger partial charge in [-0.3, -0.25) is 9.59 Å². The summed E-state index contributed by atoms with van der Waals surface area (Å²) in [5, 5.41) is 27.9. The summed E-state index contributed by atoms with van der Waals surface area (Å²) in [4.78, 5) is 24.9. The van der Waals surface area contributed by atoms with Crippen LogP contribution >= 0.6 is 0 Å². The van der Waals surface area contributed by atoms with E-state index in [2.05, 4.69) is 111 Å². The first-order valence-corrected chi connectivity index (χ1v) is 23.0. The fraction of sp³-hybridized carbons (Fsp3) is 0.720. The second-order valence-electron chi connectivity index (χ2n) is 18.2. The molecular formula is C50H80N2O5. The third-order valence-electron chi connectivity index (χ3n) is 14.5. The molecule has 7 heteroatoms. The van der Waals surface area contributed by atoms with Crippen LogP contribution in [0.4, 0.5) is 0 Å². The molecule has 7 nitrogen and oxygen atoms in total. The lowest BCUT2D eigenvalue weighted by atomic mass is 9.43. The van der Waals surface area contributed by atoms with E-state index < -0.39 is 0 Å². The molecule has 4 fully saturated rings. The summed E-state index contributed by atoms with van der Waals surface area (Å²) in [6, 6.07) is 0. The van der Waals surface area contributed by atoms with E-state index in [1.165, 1.54) is 25.7 Å². The van der Waals surface area contributed by atoms with Gasteiger partial charge in [-0.1, -0.05) is 101 Å². The second kappa shape index (κ2) is 25.0. The lowest BCUT2D eigenvalue weighted by molar-refractivity contribution is -0.174. The number of carbonyl (C=O) groups is 2. The molecule has 10 atom stereocenters. The third-order valence-corrected chi connectivity index (χ3v) is 14.5. The number of carbonyl (C=O) groups excluding carboxylic acids is 2. The normalized spacial score (nSPS) is 32.1. The molecule has 4 saturated carbocycles. The highest BCUT2D eigenvalue weighted by Gasteiger charge is 2.62. The smallest absolute Gasteiger partial charge is 0.220 e. The minimum absolute atomic E-state index is 0.0267. The van der Waals surface area contributed by atoms with Gasteiger partial charge in [-0.25, -0.2) is 0 Å². The van der Waals surface area contributed by atoms with Gasteiger partial charge in [0.05, 0.1) is 25.4 Å². The molecule has 0 aromatic heterocycles. The number of fused-ring (bicyclic) bond motifs is 5. The van der Waals surface area contributed by atoms with Gasteiger partial charge in [0.1, 0.15) is 0 Å². The van der Waals surface area contributed by atoms with Gasteiger partial charge in [-0.05, 0) is 149 Å². The molecule has 4 N–H and O–H groups in total. The Morgan fingerprint density at radius 1 is 0.684 bits per heavy atom. The summed E-state index contributed by atoms with van der Waals surface area (Å²) in [5.41, 5.74) is 0.479. The van der Waals surface area contributed by atoms with Crippen molar-refractivity contribution in [2.75, 3.05) is 26.3 Å². The largest absolute Gasteiger partial charge is 0.393 e. The van der Waals surface area contributed by atoms with Crippen LogP contribution in [0.1, 0.15) is 143 Å². The van der Waals surface area contributed by atoms with Gasteiger partial charge in [0.15, 0.2) is 0 Å². The highest BCUT2D eigenvalue weighted by atomic mass is 16.5. The highest BCUT2D eigenvalue weighted by molar-refractivity contribution is 5.76. The average Bonchev–Trinajstić information content (AvgIpc) is 3.55. The van der Waals surface area contributed by atoms with Gasteiger partial charge in [0.25, 0.3) is 0 Å². The molecule has 57 heavy (non-hydrogen) atoms. The predicted octanol–water partition coefficient (Wildman–Crippen LogP) is 10.1. The minimum atomic E-state index is -0.250. The molecule has 320 valence electrons. The molecule has 0 heterocycles. The summed E-state index contributed by atoms with van der Waals surface area (Å²) in [6.45, 7) is 11.3. The first kappa shape index (κ1) is 46.9. The van der Waals surface area contributed by atoms with Gasteiger partial charge in [0.2, 0.25) is 11.8 Å². The molecule has 2 amide bonds. The monoisotopic (exact) mass is 789 g/mol. The number of rotatable bonds is 24. The van der Waals surface area contributed by atoms with Crippen molar-refractivity contribution in [2.24, 2.45) is 46.3 Å². The predicted molar refractivity (Wildman–Crippen MR) is 235 cm³/mol. The highest BCUT2D eigenvalue weighted by Crippen LogP contribution is 2.68. The Morgan fingerprint density at radius 2 is 1.21 bits per heavy atom. The Balaban J connectivity index is 0.976. The van der Waals surface area contributed by atoms with Crippen molar-refractivity contribution in [3.05, 3.63) is 72.9 Å². The van der Waals surface area contributed by atoms with E-state index in [0.717, 1.165) is 77.0 Å². The summed E-state index contributed by atoms with van der Waals surface area (Å²) >= 11 is 0. The van der Waals surface area contributed by atoms with Crippen LogP contribution in [-0.2, 0) is 14.3 Å². The lowest BCUT2D eigenvalue weighted by Gasteiger charge is -2.62. The standard InChI is InChI=1S/C50H80N2O5/c1-5-6-7-8-9-10-11-12-13-14-15-16-17-18-19-20-21-22-23-24-46(55)51-33-35-57-36-34-52-47(56)28-25-39(2)42-26-27-43-48-44(30-32-50(42,43)4)49(3)31-29-41(53)37-40(49)38-45(48)54/h6-7,9-10,12-13,15-16,18-19,21-22,39-45,48,53-54H,5,8,11,14,17,20,23-38H2,1-4H3,(H,51,55)(H,52,56)/t39-,40+,41-,42?,43+,44+,45-,48+,49+,50-/m1/s1. The van der Waals surface area contributed by atoms with Crippen LogP contribution in [-0.4, -0.2) is 60.5 Å². The number of aliphatic hydroxyl groups excluding tert-OH is 2. The van der Waals surface area contributed by atoms with E-state index in [1.807, 2.05) is 0 Å². The van der Waals surface area contributed by atoms with Crippen LogP contribution in [0.2, 0.25) is 0 Å². The zero-order valence-electron chi connectivity index (χ0n) is 36.2. The number of allylic oxidation sites excluding steroid dienone is 12. The molecule has 0 aromatic carbocycles.